The van der Waals surface area contributed by atoms with E-state index in [1.165, 1.54) is 48.5 Å². The number of carbonyl (C=O) groups is 1. The summed E-state index contributed by atoms with van der Waals surface area (Å²) >= 11 is 9.20. The van der Waals surface area contributed by atoms with Gasteiger partial charge in [-0.2, -0.15) is 5.26 Å². The Kier molecular flexibility index (Phi) is 9.43. The molecular weight excluding hydrogens is 656 g/mol. The SMILES string of the molecule is CO[C@@H]1[C@@H](n2cc(-c3ccc(Br)c(F)c3F)nn2)[C@@H](O)[C@@H](CO)O[C@H]1C(=O)N(c1cc(Cl)cc(C#N)c1)[C@@H]1CCC[C@H]1O. The molecule has 228 valence electrons. The van der Waals surface area contributed by atoms with Crippen molar-refractivity contribution >= 4 is 39.1 Å². The summed E-state index contributed by atoms with van der Waals surface area (Å²) in [5, 5.41) is 49.8. The van der Waals surface area contributed by atoms with E-state index in [2.05, 4.69) is 26.2 Å². The fourth-order valence-corrected chi connectivity index (χ4v) is 6.28. The third kappa shape index (κ3) is 5.91. The van der Waals surface area contributed by atoms with Crippen LogP contribution in [-0.4, -0.2) is 86.5 Å². The lowest BCUT2D eigenvalue weighted by Gasteiger charge is -2.45. The van der Waals surface area contributed by atoms with Crippen molar-refractivity contribution in [2.75, 3.05) is 18.6 Å². The second-order valence-electron chi connectivity index (χ2n) is 10.3. The highest BCUT2D eigenvalue weighted by atomic mass is 79.9. The van der Waals surface area contributed by atoms with Crippen LogP contribution in [0.4, 0.5) is 14.5 Å². The second kappa shape index (κ2) is 12.9. The highest BCUT2D eigenvalue weighted by Crippen LogP contribution is 2.38. The van der Waals surface area contributed by atoms with Gasteiger partial charge in [0.05, 0.1) is 41.1 Å². The zero-order valence-corrected chi connectivity index (χ0v) is 25.0. The molecule has 0 radical (unpaired) electrons. The van der Waals surface area contributed by atoms with Gasteiger partial charge in [-0.1, -0.05) is 16.8 Å². The minimum Gasteiger partial charge on any atom is -0.394 e. The molecule has 7 atom stereocenters. The van der Waals surface area contributed by atoms with Gasteiger partial charge in [-0.15, -0.1) is 5.10 Å². The molecule has 0 spiro atoms. The predicted octanol–water partition coefficient (Wildman–Crippen LogP) is 3.13. The fourth-order valence-electron chi connectivity index (χ4n) is 5.75. The Bertz CT molecular complexity index is 1560. The number of amides is 1. The van der Waals surface area contributed by atoms with Gasteiger partial charge >= 0.3 is 0 Å². The first-order valence-electron chi connectivity index (χ1n) is 13.3. The second-order valence-corrected chi connectivity index (χ2v) is 11.6. The number of anilines is 1. The van der Waals surface area contributed by atoms with Crippen molar-refractivity contribution in [3.8, 4) is 17.3 Å². The van der Waals surface area contributed by atoms with Crippen molar-refractivity contribution in [3.05, 3.63) is 63.2 Å². The maximum Gasteiger partial charge on any atom is 0.259 e. The Morgan fingerprint density at radius 1 is 1.28 bits per heavy atom. The number of benzene rings is 2. The lowest BCUT2D eigenvalue weighted by molar-refractivity contribution is -0.211. The molecule has 3 aromatic rings. The molecule has 1 aromatic heterocycles. The van der Waals surface area contributed by atoms with Crippen molar-refractivity contribution in [2.24, 2.45) is 0 Å². The average molecular weight is 683 g/mol. The van der Waals surface area contributed by atoms with Crippen LogP contribution < -0.4 is 4.90 Å². The number of nitriles is 1. The number of halogens is 4. The number of nitrogens with zero attached hydrogens (tertiary/aromatic N) is 5. The van der Waals surface area contributed by atoms with E-state index in [-0.39, 0.29) is 32.0 Å². The zero-order chi connectivity index (χ0) is 31.0. The van der Waals surface area contributed by atoms with Crippen LogP contribution in [0.5, 0.6) is 0 Å². The molecule has 3 N–H and O–H groups in total. The summed E-state index contributed by atoms with van der Waals surface area (Å²) in [6, 6.07) is 7.13. The summed E-state index contributed by atoms with van der Waals surface area (Å²) in [7, 11) is 1.29. The average Bonchev–Trinajstić information content (AvgIpc) is 3.64. The van der Waals surface area contributed by atoms with Crippen LogP contribution in [0.15, 0.2) is 41.0 Å². The standard InChI is InChI=1S/C28H27BrClF2N5O6/c1-42-26-24(36-11-18(34-35-36)16-5-6-17(29)23(32)22(16)31)25(40)21(12-38)43-27(26)28(41)37(19-3-2-4-20(19)39)15-8-13(10-33)7-14(30)9-15/h5-9,11,19-21,24-27,38-40H,2-4,12H2,1H3/t19-,20-,21-,24+,25+,26-,27-/m1/s1. The van der Waals surface area contributed by atoms with E-state index in [0.717, 1.165) is 4.68 Å². The van der Waals surface area contributed by atoms with Gasteiger partial charge in [-0.25, -0.2) is 13.5 Å². The minimum absolute atomic E-state index is 0.0560. The minimum atomic E-state index is -1.47. The first-order chi connectivity index (χ1) is 20.6. The predicted molar refractivity (Wildman–Crippen MR) is 152 cm³/mol. The molecule has 5 rings (SSSR count). The molecule has 2 aromatic carbocycles. The zero-order valence-electron chi connectivity index (χ0n) is 22.6. The van der Waals surface area contributed by atoms with E-state index >= 15 is 0 Å². The maximum atomic E-state index is 14.7. The van der Waals surface area contributed by atoms with Crippen LogP contribution in [0.1, 0.15) is 30.9 Å². The van der Waals surface area contributed by atoms with Crippen LogP contribution in [0.25, 0.3) is 11.3 Å². The molecule has 1 aliphatic heterocycles. The highest BCUT2D eigenvalue weighted by molar-refractivity contribution is 9.10. The van der Waals surface area contributed by atoms with Gasteiger partial charge in [0.1, 0.15) is 30.0 Å². The maximum absolute atomic E-state index is 14.7. The van der Waals surface area contributed by atoms with Crippen molar-refractivity contribution < 1.29 is 38.4 Å². The Morgan fingerprint density at radius 2 is 2.05 bits per heavy atom. The number of rotatable bonds is 7. The fraction of sp³-hybridized carbons (Fsp3) is 0.429. The largest absolute Gasteiger partial charge is 0.394 e. The van der Waals surface area contributed by atoms with E-state index in [0.29, 0.717) is 19.3 Å². The van der Waals surface area contributed by atoms with Gasteiger partial charge in [0, 0.05) is 23.4 Å². The van der Waals surface area contributed by atoms with Crippen LogP contribution in [-0.2, 0) is 14.3 Å². The molecule has 1 saturated heterocycles. The Labute approximate surface area is 258 Å². The van der Waals surface area contributed by atoms with E-state index in [1.807, 2.05) is 6.07 Å². The van der Waals surface area contributed by atoms with Crippen molar-refractivity contribution in [1.29, 1.82) is 5.26 Å². The summed E-state index contributed by atoms with van der Waals surface area (Å²) in [6.45, 7) is -0.687. The van der Waals surface area contributed by atoms with Crippen molar-refractivity contribution in [2.45, 2.75) is 61.9 Å². The number of aliphatic hydroxyl groups is 3. The Morgan fingerprint density at radius 3 is 2.70 bits per heavy atom. The van der Waals surface area contributed by atoms with Gasteiger partial charge in [0.15, 0.2) is 17.7 Å². The molecule has 15 heteroatoms. The number of ether oxygens (including phenoxy) is 2. The molecule has 0 unspecified atom stereocenters. The third-order valence-corrected chi connectivity index (χ3v) is 8.64. The van der Waals surface area contributed by atoms with E-state index < -0.39 is 66.8 Å². The summed E-state index contributed by atoms with van der Waals surface area (Å²) in [5.41, 5.74) is 0.190. The number of carbonyl (C=O) groups excluding carboxylic acids is 1. The first kappa shape index (κ1) is 31.4. The third-order valence-electron chi connectivity index (χ3n) is 7.81. The Balaban J connectivity index is 1.56. The molecule has 43 heavy (non-hydrogen) atoms. The van der Waals surface area contributed by atoms with E-state index in [4.69, 9.17) is 21.1 Å². The topological polar surface area (TPSA) is 154 Å². The molecule has 0 bridgehead atoms. The molecule has 1 saturated carbocycles. The number of hydrogen-bond donors (Lipinski definition) is 3. The lowest BCUT2D eigenvalue weighted by Crippen LogP contribution is -2.62. The lowest BCUT2D eigenvalue weighted by atomic mass is 9.91. The molecular formula is C28H27BrClF2N5O6. The first-order valence-corrected chi connectivity index (χ1v) is 14.5. The number of aromatic nitrogens is 3. The smallest absolute Gasteiger partial charge is 0.259 e. The van der Waals surface area contributed by atoms with Crippen LogP contribution in [0.3, 0.4) is 0 Å². The van der Waals surface area contributed by atoms with Crippen LogP contribution in [0.2, 0.25) is 5.02 Å². The summed E-state index contributed by atoms with van der Waals surface area (Å²) in [6.07, 6.45) is -3.54. The van der Waals surface area contributed by atoms with Crippen LogP contribution >= 0.6 is 27.5 Å². The quantitative estimate of drug-likeness (QED) is 0.319. The highest BCUT2D eigenvalue weighted by Gasteiger charge is 2.52. The monoisotopic (exact) mass is 681 g/mol. The number of methoxy groups -OCH3 is 1. The summed E-state index contributed by atoms with van der Waals surface area (Å²) in [5.74, 6) is -2.96. The van der Waals surface area contributed by atoms with Gasteiger partial charge in [0.2, 0.25) is 0 Å². The van der Waals surface area contributed by atoms with Crippen molar-refractivity contribution in [1.82, 2.24) is 15.0 Å². The van der Waals surface area contributed by atoms with Gasteiger partial charge in [-0.05, 0) is 65.5 Å². The van der Waals surface area contributed by atoms with Gasteiger partial charge in [0.25, 0.3) is 5.91 Å². The molecule has 1 amide bonds. The molecule has 2 fully saturated rings. The van der Waals surface area contributed by atoms with E-state index in [1.54, 1.807) is 0 Å². The normalized spacial score (nSPS) is 27.2. The molecule has 2 heterocycles. The summed E-state index contributed by atoms with van der Waals surface area (Å²) in [4.78, 5) is 15.7. The summed E-state index contributed by atoms with van der Waals surface area (Å²) < 4.78 is 41.6. The number of aliphatic hydroxyl groups excluding tert-OH is 3. The Hall–Kier alpha value is -3.03. The van der Waals surface area contributed by atoms with Crippen molar-refractivity contribution in [3.63, 3.8) is 0 Å². The molecule has 1 aliphatic carbocycles. The molecule has 11 nitrogen and oxygen atoms in total. The number of hydrogen-bond acceptors (Lipinski definition) is 9. The van der Waals surface area contributed by atoms with E-state index in [9.17, 15) is 34.2 Å². The van der Waals surface area contributed by atoms with Gasteiger partial charge in [-0.3, -0.25) is 4.79 Å². The molecule has 2 aliphatic rings. The van der Waals surface area contributed by atoms with Gasteiger partial charge < -0.3 is 29.7 Å². The van der Waals surface area contributed by atoms with Crippen LogP contribution in [0, 0.1) is 23.0 Å².